The lowest BCUT2D eigenvalue weighted by Crippen LogP contribution is -2.45. The third-order valence-corrected chi connectivity index (χ3v) is 15.3. The number of anilines is 4. The number of nitrogens with zero attached hydrogens (tertiary/aromatic N) is 6. The van der Waals surface area contributed by atoms with E-state index in [1.54, 1.807) is 12.1 Å². The minimum absolute atomic E-state index is 0.0324. The monoisotopic (exact) mass is 1130 g/mol. The van der Waals surface area contributed by atoms with Crippen LogP contribution in [0.1, 0.15) is 147 Å². The maximum absolute atomic E-state index is 14.6. The summed E-state index contributed by atoms with van der Waals surface area (Å²) in [5.41, 5.74) is 13.4. The number of thiocarbonyl (C=S) groups is 1. The minimum Gasteiger partial charge on any atom is -0.375 e. The fourth-order valence-electron chi connectivity index (χ4n) is 9.47. The minimum atomic E-state index is -0.593. The number of hydrogen-bond donors (Lipinski definition) is 5. The van der Waals surface area contributed by atoms with E-state index in [9.17, 15) is 27.2 Å². The Bertz CT molecular complexity index is 3130. The first kappa shape index (κ1) is 59.2. The molecule has 0 spiro atoms. The standard InChI is InChI=1S/C14H16BrFN4.C14H17FN4.C13H16FNO.C13H16FNS.C3H7NO/c1-5-8-6-9(15)10(16)12-11(8)17-14(3,4)13-19-18-7(2)20(12)13;1-5-9-6-7-10(15)12-11(9)16-14(3,4)13-18-17-8(2)19(12)13;2*1-4-8-5-6-10(14)9-7-11(16)13(2,3)15-12(8)9;1-3(5)2-4/h6,17H,5H2,1-4H3;6-7,16H,5H2,1-4H3;2*5-6,15H,4,7H2,1-3H3;2,4H2,1H3. The number of aryl methyl sites for hydroxylation is 6. The molecule has 0 atom stereocenters. The van der Waals surface area contributed by atoms with Crippen LogP contribution in [0.4, 0.5) is 40.3 Å². The maximum Gasteiger partial charge on any atom is 0.163 e. The molecule has 4 aliphatic rings. The number of nitrogens with two attached hydrogens (primary N) is 1. The van der Waals surface area contributed by atoms with Gasteiger partial charge in [-0.2, -0.15) is 0 Å². The van der Waals surface area contributed by atoms with Gasteiger partial charge in [-0.15, -0.1) is 20.4 Å². The molecule has 0 amide bonds. The average molecular weight is 1130 g/mol. The number of benzene rings is 4. The second kappa shape index (κ2) is 22.9. The molecule has 0 saturated carbocycles. The Morgan fingerprint density at radius 3 is 1.43 bits per heavy atom. The molecule has 4 aliphatic heterocycles. The zero-order valence-electron chi connectivity index (χ0n) is 46.4. The summed E-state index contributed by atoms with van der Waals surface area (Å²) in [7, 11) is 0. The lowest BCUT2D eigenvalue weighted by Gasteiger charge is -2.36. The molecule has 0 bridgehead atoms. The number of Topliss-reactive ketones (excluding diaryl/α,β-unsaturated/α-hetero) is 2. The molecule has 0 fully saturated rings. The van der Waals surface area contributed by atoms with Crippen molar-refractivity contribution in [3.63, 3.8) is 0 Å². The van der Waals surface area contributed by atoms with Gasteiger partial charge in [0, 0.05) is 40.2 Å². The van der Waals surface area contributed by atoms with E-state index in [0.717, 1.165) is 92.8 Å². The van der Waals surface area contributed by atoms with Crippen molar-refractivity contribution in [2.24, 2.45) is 5.73 Å². The van der Waals surface area contributed by atoms with E-state index >= 15 is 0 Å². The highest BCUT2D eigenvalue weighted by Gasteiger charge is 2.39. The summed E-state index contributed by atoms with van der Waals surface area (Å²) in [6.07, 6.45) is 4.15. The smallest absolute Gasteiger partial charge is 0.163 e. The number of halogens is 5. The molecular weight excluding hydrogens is 1060 g/mol. The SMILES string of the molecule is CC(=O)CN.CCc1cc(Br)c(F)c2c1NC(C)(C)c1nnc(C)n1-2.CCc1ccc(F)c2c1NC(C)(C)C(=O)C2.CCc1ccc(F)c2c1NC(C)(C)C(=S)C2.CCc1ccc(F)c2c1NC(C)(C)c1nnc(C)n1-2. The van der Waals surface area contributed by atoms with Crippen molar-refractivity contribution in [3.05, 3.63) is 127 Å². The van der Waals surface area contributed by atoms with Crippen LogP contribution in [0, 0.1) is 37.1 Å². The van der Waals surface area contributed by atoms with Crippen molar-refractivity contribution in [2.75, 3.05) is 27.8 Å². The average Bonchev–Trinajstić information content (AvgIpc) is 3.96. The Kier molecular flexibility index (Phi) is 17.8. The van der Waals surface area contributed by atoms with Crippen molar-refractivity contribution >= 4 is 67.3 Å². The molecule has 6 heterocycles. The first-order valence-corrected chi connectivity index (χ1v) is 26.9. The van der Waals surface area contributed by atoms with Crippen LogP contribution in [0.15, 0.2) is 46.9 Å². The van der Waals surface area contributed by atoms with Gasteiger partial charge >= 0.3 is 0 Å². The van der Waals surface area contributed by atoms with Gasteiger partial charge in [-0.05, 0) is 164 Å². The highest BCUT2D eigenvalue weighted by atomic mass is 79.9. The zero-order chi connectivity index (χ0) is 56.6. The number of rotatable bonds is 5. The number of nitrogens with one attached hydrogen (secondary N) is 4. The molecule has 6 aromatic rings. The van der Waals surface area contributed by atoms with E-state index in [0.29, 0.717) is 39.5 Å². The lowest BCUT2D eigenvalue weighted by molar-refractivity contribution is -0.122. The molecule has 2 aromatic heterocycles. The zero-order valence-corrected chi connectivity index (χ0v) is 48.8. The molecule has 0 aliphatic carbocycles. The maximum atomic E-state index is 14.6. The molecule has 0 saturated heterocycles. The van der Waals surface area contributed by atoms with E-state index in [2.05, 4.69) is 78.4 Å². The van der Waals surface area contributed by atoms with Gasteiger partial charge in [0.15, 0.2) is 23.2 Å². The van der Waals surface area contributed by atoms with Crippen LogP contribution < -0.4 is 27.0 Å². The Labute approximate surface area is 458 Å². The Balaban J connectivity index is 0.000000160. The fourth-order valence-corrected chi connectivity index (χ4v) is 10.1. The second-order valence-electron chi connectivity index (χ2n) is 21.4. The number of hydrogen-bond acceptors (Lipinski definition) is 12. The summed E-state index contributed by atoms with van der Waals surface area (Å²) >= 11 is 8.63. The van der Waals surface area contributed by atoms with E-state index in [-0.39, 0.29) is 58.9 Å². The van der Waals surface area contributed by atoms with Crippen LogP contribution in [-0.4, -0.2) is 63.6 Å². The Hall–Kier alpha value is -6.05. The molecular formula is C57H72BrF4N11O2S. The predicted molar refractivity (Wildman–Crippen MR) is 304 cm³/mol. The summed E-state index contributed by atoms with van der Waals surface area (Å²) in [6.45, 7) is 29.4. The van der Waals surface area contributed by atoms with E-state index in [1.807, 2.05) is 103 Å². The van der Waals surface area contributed by atoms with Gasteiger partial charge in [-0.25, -0.2) is 17.6 Å². The summed E-state index contributed by atoms with van der Waals surface area (Å²) in [6, 6.07) is 11.8. The summed E-state index contributed by atoms with van der Waals surface area (Å²) in [5, 5.41) is 29.9. The Morgan fingerprint density at radius 2 is 0.987 bits per heavy atom. The van der Waals surface area contributed by atoms with Crippen molar-refractivity contribution in [3.8, 4) is 11.4 Å². The van der Waals surface area contributed by atoms with Gasteiger partial charge in [0.25, 0.3) is 0 Å². The van der Waals surface area contributed by atoms with E-state index < -0.39 is 11.1 Å². The summed E-state index contributed by atoms with van der Waals surface area (Å²) < 4.78 is 60.3. The fraction of sp³-hybridized carbons (Fsp3) is 0.456. The summed E-state index contributed by atoms with van der Waals surface area (Å²) in [5.74, 6) is 1.95. The molecule has 76 heavy (non-hydrogen) atoms. The molecule has 4 aromatic carbocycles. The normalized spacial score (nSPS) is 16.0. The first-order chi connectivity index (χ1) is 35.5. The van der Waals surface area contributed by atoms with Gasteiger partial charge in [0.05, 0.1) is 44.5 Å². The second-order valence-corrected chi connectivity index (χ2v) is 22.8. The number of carbonyl (C=O) groups is 2. The number of carbonyl (C=O) groups excluding carboxylic acids is 2. The first-order valence-electron chi connectivity index (χ1n) is 25.7. The molecule has 6 N–H and O–H groups in total. The summed E-state index contributed by atoms with van der Waals surface area (Å²) in [4.78, 5) is 22.4. The van der Waals surface area contributed by atoms with Crippen molar-refractivity contribution in [2.45, 2.75) is 165 Å². The van der Waals surface area contributed by atoms with Gasteiger partial charge in [0.1, 0.15) is 46.3 Å². The number of ketones is 2. The molecule has 10 rings (SSSR count). The van der Waals surface area contributed by atoms with Crippen LogP contribution >= 0.6 is 28.1 Å². The Morgan fingerprint density at radius 1 is 0.605 bits per heavy atom. The van der Waals surface area contributed by atoms with Crippen LogP contribution in [0.5, 0.6) is 0 Å². The third-order valence-electron chi connectivity index (χ3n) is 14.0. The third kappa shape index (κ3) is 11.8. The van der Waals surface area contributed by atoms with E-state index in [1.165, 1.54) is 19.1 Å². The predicted octanol–water partition coefficient (Wildman–Crippen LogP) is 12.4. The van der Waals surface area contributed by atoms with Crippen LogP contribution in [0.2, 0.25) is 0 Å². The largest absolute Gasteiger partial charge is 0.375 e. The number of fused-ring (bicyclic) bond motifs is 8. The molecule has 408 valence electrons. The van der Waals surface area contributed by atoms with Crippen LogP contribution in [-0.2, 0) is 59.2 Å². The highest BCUT2D eigenvalue weighted by molar-refractivity contribution is 9.10. The van der Waals surface area contributed by atoms with Gasteiger partial charge < -0.3 is 27.0 Å². The van der Waals surface area contributed by atoms with Crippen molar-refractivity contribution in [1.82, 2.24) is 29.5 Å². The molecule has 13 nitrogen and oxygen atoms in total. The molecule has 0 radical (unpaired) electrons. The van der Waals surface area contributed by atoms with Crippen LogP contribution in [0.25, 0.3) is 11.4 Å². The topological polar surface area (TPSA) is 170 Å². The van der Waals surface area contributed by atoms with Gasteiger partial charge in [-0.3, -0.25) is 18.7 Å². The number of aromatic nitrogens is 6. The van der Waals surface area contributed by atoms with Crippen molar-refractivity contribution < 1.29 is 27.2 Å². The van der Waals surface area contributed by atoms with Gasteiger partial charge in [-0.1, -0.05) is 58.1 Å². The van der Waals surface area contributed by atoms with Gasteiger partial charge in [0.2, 0.25) is 0 Å². The lowest BCUT2D eigenvalue weighted by atomic mass is 9.86. The van der Waals surface area contributed by atoms with Crippen molar-refractivity contribution in [1.29, 1.82) is 0 Å². The van der Waals surface area contributed by atoms with Crippen LogP contribution in [0.3, 0.4) is 0 Å². The van der Waals surface area contributed by atoms with E-state index in [4.69, 9.17) is 18.0 Å². The quantitative estimate of drug-likeness (QED) is 0.0819. The highest BCUT2D eigenvalue weighted by Crippen LogP contribution is 2.43. The molecule has 0 unspecified atom stereocenters. The molecule has 19 heteroatoms.